The normalized spacial score (nSPS) is 26.3. The van der Waals surface area contributed by atoms with Crippen molar-refractivity contribution < 1.29 is 14.0 Å². The summed E-state index contributed by atoms with van der Waals surface area (Å²) >= 11 is 0. The summed E-state index contributed by atoms with van der Waals surface area (Å²) in [5.74, 6) is 0. The number of hydrogen-bond donors (Lipinski definition) is 0. The minimum Gasteiger partial charge on any atom is -0.399 e. The van der Waals surface area contributed by atoms with Crippen molar-refractivity contribution in [1.82, 2.24) is 9.78 Å². The Kier molecular flexibility index (Phi) is 3.90. The molecule has 2 fully saturated rings. The van der Waals surface area contributed by atoms with Crippen LogP contribution in [0, 0.1) is 5.41 Å². The van der Waals surface area contributed by atoms with Crippen LogP contribution in [0.3, 0.4) is 0 Å². The fourth-order valence-corrected chi connectivity index (χ4v) is 2.98. The third-order valence-corrected chi connectivity index (χ3v) is 5.42. The van der Waals surface area contributed by atoms with Crippen LogP contribution in [0.4, 0.5) is 0 Å². The standard InChI is InChI=1S/C16H27BN2O3/c1-14(2)15(3,4)22-17(21-14)13-10-18-19(11-13)12-16(5)6-8-20-9-7-16/h10-11H,6-9,12H2,1-5H3. The highest BCUT2D eigenvalue weighted by Gasteiger charge is 2.52. The molecule has 0 aliphatic carbocycles. The van der Waals surface area contributed by atoms with Crippen LogP contribution in [-0.4, -0.2) is 41.3 Å². The molecule has 2 saturated heterocycles. The summed E-state index contributed by atoms with van der Waals surface area (Å²) in [6, 6.07) is 0. The van der Waals surface area contributed by atoms with Gasteiger partial charge >= 0.3 is 7.12 Å². The van der Waals surface area contributed by atoms with Gasteiger partial charge in [-0.15, -0.1) is 0 Å². The molecule has 2 aliphatic heterocycles. The quantitative estimate of drug-likeness (QED) is 0.801. The van der Waals surface area contributed by atoms with Crippen LogP contribution in [0.25, 0.3) is 0 Å². The summed E-state index contributed by atoms with van der Waals surface area (Å²) in [6.07, 6.45) is 6.09. The summed E-state index contributed by atoms with van der Waals surface area (Å²) < 4.78 is 19.7. The molecular weight excluding hydrogens is 279 g/mol. The minimum atomic E-state index is -0.332. The summed E-state index contributed by atoms with van der Waals surface area (Å²) in [7, 11) is -0.332. The fraction of sp³-hybridized carbons (Fsp3) is 0.812. The van der Waals surface area contributed by atoms with Gasteiger partial charge in [0.2, 0.25) is 0 Å². The van der Waals surface area contributed by atoms with E-state index in [1.807, 2.05) is 10.9 Å². The van der Waals surface area contributed by atoms with E-state index in [1.54, 1.807) is 0 Å². The van der Waals surface area contributed by atoms with E-state index < -0.39 is 0 Å². The van der Waals surface area contributed by atoms with E-state index in [9.17, 15) is 0 Å². The summed E-state index contributed by atoms with van der Waals surface area (Å²) in [6.45, 7) is 13.2. The molecule has 0 bridgehead atoms. The predicted octanol–water partition coefficient (Wildman–Crippen LogP) is 2.00. The molecule has 0 amide bonds. The Balaban J connectivity index is 1.70. The first-order valence-corrected chi connectivity index (χ1v) is 8.17. The Morgan fingerprint density at radius 1 is 1.09 bits per heavy atom. The molecule has 5 nitrogen and oxygen atoms in total. The number of aromatic nitrogens is 2. The van der Waals surface area contributed by atoms with Crippen molar-refractivity contribution in [1.29, 1.82) is 0 Å². The molecule has 0 unspecified atom stereocenters. The first-order valence-electron chi connectivity index (χ1n) is 8.17. The number of hydrogen-bond acceptors (Lipinski definition) is 4. The van der Waals surface area contributed by atoms with Crippen LogP contribution >= 0.6 is 0 Å². The van der Waals surface area contributed by atoms with Crippen molar-refractivity contribution in [2.45, 2.75) is 65.2 Å². The zero-order valence-electron chi connectivity index (χ0n) is 14.4. The maximum atomic E-state index is 6.08. The van der Waals surface area contributed by atoms with Crippen molar-refractivity contribution in [2.24, 2.45) is 5.41 Å². The lowest BCUT2D eigenvalue weighted by Crippen LogP contribution is -2.41. The van der Waals surface area contributed by atoms with Crippen molar-refractivity contribution in [3.63, 3.8) is 0 Å². The molecule has 3 rings (SSSR count). The molecule has 0 saturated carbocycles. The van der Waals surface area contributed by atoms with E-state index >= 15 is 0 Å². The molecule has 1 aromatic heterocycles. The highest BCUT2D eigenvalue weighted by molar-refractivity contribution is 6.61. The third-order valence-electron chi connectivity index (χ3n) is 5.42. The highest BCUT2D eigenvalue weighted by Crippen LogP contribution is 2.36. The van der Waals surface area contributed by atoms with Crippen molar-refractivity contribution >= 4 is 12.6 Å². The zero-order chi connectivity index (χ0) is 16.0. The summed E-state index contributed by atoms with van der Waals surface area (Å²) in [4.78, 5) is 0. The van der Waals surface area contributed by atoms with Gasteiger partial charge < -0.3 is 14.0 Å². The van der Waals surface area contributed by atoms with Crippen molar-refractivity contribution in [3.8, 4) is 0 Å². The molecule has 1 aromatic rings. The molecule has 3 heterocycles. The van der Waals surface area contributed by atoms with E-state index in [0.29, 0.717) is 0 Å². The monoisotopic (exact) mass is 306 g/mol. The van der Waals surface area contributed by atoms with Gasteiger partial charge in [0.05, 0.1) is 11.2 Å². The van der Waals surface area contributed by atoms with Crippen LogP contribution in [0.5, 0.6) is 0 Å². The molecule has 22 heavy (non-hydrogen) atoms. The lowest BCUT2D eigenvalue weighted by atomic mass is 9.81. The van der Waals surface area contributed by atoms with Crippen LogP contribution in [0.2, 0.25) is 0 Å². The molecule has 6 heteroatoms. The van der Waals surface area contributed by atoms with Gasteiger partial charge in [-0.2, -0.15) is 5.10 Å². The van der Waals surface area contributed by atoms with Gasteiger partial charge in [-0.3, -0.25) is 4.68 Å². The largest absolute Gasteiger partial charge is 0.498 e. The first kappa shape index (κ1) is 16.0. The first-order chi connectivity index (χ1) is 10.2. The Bertz CT molecular complexity index is 519. The van der Waals surface area contributed by atoms with E-state index in [2.05, 4.69) is 45.9 Å². The molecular formula is C16H27BN2O3. The zero-order valence-corrected chi connectivity index (χ0v) is 14.4. The van der Waals surface area contributed by atoms with E-state index in [0.717, 1.165) is 38.1 Å². The molecule has 0 spiro atoms. The average Bonchev–Trinajstić information content (AvgIpc) is 2.93. The lowest BCUT2D eigenvalue weighted by Gasteiger charge is -2.33. The topological polar surface area (TPSA) is 45.5 Å². The van der Waals surface area contributed by atoms with Gasteiger partial charge in [-0.1, -0.05) is 6.92 Å². The molecule has 0 aromatic carbocycles. The van der Waals surface area contributed by atoms with E-state index in [1.165, 1.54) is 0 Å². The number of ether oxygens (including phenoxy) is 1. The molecule has 0 N–H and O–H groups in total. The second-order valence-electron chi connectivity index (χ2n) is 7.98. The Morgan fingerprint density at radius 2 is 1.68 bits per heavy atom. The average molecular weight is 306 g/mol. The van der Waals surface area contributed by atoms with Crippen molar-refractivity contribution in [3.05, 3.63) is 12.4 Å². The highest BCUT2D eigenvalue weighted by atomic mass is 16.7. The second-order valence-corrected chi connectivity index (χ2v) is 7.98. The SMILES string of the molecule is CC1(Cn2cc(B3OC(C)(C)C(C)(C)O3)cn2)CCOCC1. The van der Waals surface area contributed by atoms with E-state index in [-0.39, 0.29) is 23.7 Å². The van der Waals surface area contributed by atoms with Gasteiger partial charge in [-0.25, -0.2) is 0 Å². The molecule has 122 valence electrons. The van der Waals surface area contributed by atoms with Gasteiger partial charge in [0.25, 0.3) is 0 Å². The maximum Gasteiger partial charge on any atom is 0.498 e. The fourth-order valence-electron chi connectivity index (χ4n) is 2.98. The van der Waals surface area contributed by atoms with Gasteiger partial charge in [0.1, 0.15) is 0 Å². The smallest absolute Gasteiger partial charge is 0.399 e. The van der Waals surface area contributed by atoms with Crippen LogP contribution in [0.1, 0.15) is 47.5 Å². The number of rotatable bonds is 3. The van der Waals surface area contributed by atoms with E-state index in [4.69, 9.17) is 14.0 Å². The molecule has 2 aliphatic rings. The van der Waals surface area contributed by atoms with Crippen LogP contribution in [-0.2, 0) is 20.6 Å². The Morgan fingerprint density at radius 3 is 2.27 bits per heavy atom. The maximum absolute atomic E-state index is 6.08. The lowest BCUT2D eigenvalue weighted by molar-refractivity contribution is 0.00578. The molecule has 0 atom stereocenters. The third kappa shape index (κ3) is 2.96. The minimum absolute atomic E-state index is 0.261. The molecule has 0 radical (unpaired) electrons. The van der Waals surface area contributed by atoms with Gasteiger partial charge in [-0.05, 0) is 46.0 Å². The van der Waals surface area contributed by atoms with Crippen LogP contribution < -0.4 is 5.46 Å². The Labute approximate surface area is 133 Å². The number of nitrogens with zero attached hydrogens (tertiary/aromatic N) is 2. The van der Waals surface area contributed by atoms with Crippen LogP contribution in [0.15, 0.2) is 12.4 Å². The van der Waals surface area contributed by atoms with Gasteiger partial charge in [0, 0.05) is 37.6 Å². The van der Waals surface area contributed by atoms with Gasteiger partial charge in [0.15, 0.2) is 0 Å². The summed E-state index contributed by atoms with van der Waals surface area (Å²) in [5.41, 5.74) is 0.630. The Hall–Kier alpha value is -0.845. The predicted molar refractivity (Wildman–Crippen MR) is 86.1 cm³/mol. The summed E-state index contributed by atoms with van der Waals surface area (Å²) in [5, 5.41) is 4.51. The second kappa shape index (κ2) is 5.36. The van der Waals surface area contributed by atoms with Crippen molar-refractivity contribution in [2.75, 3.05) is 13.2 Å².